The Morgan fingerprint density at radius 2 is 0.966 bits per heavy atom. The Morgan fingerprint density at radius 1 is 0.586 bits per heavy atom. The van der Waals surface area contributed by atoms with Crippen LogP contribution in [0.25, 0.3) is 0 Å². The number of amidine groups is 1. The minimum Gasteiger partial charge on any atom is -0.422 e. The molecule has 0 aliphatic rings. The van der Waals surface area contributed by atoms with Crippen LogP contribution >= 0.6 is 0 Å². The van der Waals surface area contributed by atoms with E-state index in [1.54, 1.807) is 0 Å². The molecule has 0 amide bonds. The van der Waals surface area contributed by atoms with Crippen LogP contribution in [0.3, 0.4) is 0 Å². The summed E-state index contributed by atoms with van der Waals surface area (Å²) >= 11 is 0. The van der Waals surface area contributed by atoms with Crippen LogP contribution in [0.15, 0.2) is 0 Å². The molecule has 174 valence electrons. The maximum atomic E-state index is 5.71. The van der Waals surface area contributed by atoms with Gasteiger partial charge in [-0.15, -0.1) is 0 Å². The Morgan fingerprint density at radius 3 is 1.31 bits per heavy atom. The standard InChI is InChI=1S/C22H47N2O5/c1-6-7-8-9-10-11-12-13-14-15-16-17-18-19-20-21-29-22(23(25-2)26-3)24(27-4)28-5/h6-21H2,1-5H3/q+1. The molecular weight excluding hydrogens is 372 g/mol. The smallest absolute Gasteiger partial charge is 0.422 e. The van der Waals surface area contributed by atoms with E-state index in [4.69, 9.17) is 24.1 Å². The van der Waals surface area contributed by atoms with Gasteiger partial charge in [-0.2, -0.15) is 9.68 Å². The molecule has 0 rings (SSSR count). The molecule has 0 fully saturated rings. The van der Waals surface area contributed by atoms with Crippen LogP contribution in [-0.2, 0) is 24.1 Å². The Bertz CT molecular complexity index is 370. The molecule has 0 atom stereocenters. The molecule has 0 aromatic rings. The number of ether oxygens (including phenoxy) is 1. The average molecular weight is 420 g/mol. The second-order valence-electron chi connectivity index (χ2n) is 7.33. The number of unbranched alkanes of at least 4 members (excludes halogenated alkanes) is 14. The summed E-state index contributed by atoms with van der Waals surface area (Å²) in [6.45, 7) is 2.82. The van der Waals surface area contributed by atoms with Gasteiger partial charge < -0.3 is 14.4 Å². The quantitative estimate of drug-likeness (QED) is 0.108. The molecule has 0 aliphatic carbocycles. The van der Waals surface area contributed by atoms with E-state index in [9.17, 15) is 0 Å². The number of nitrogens with zero attached hydrogens (tertiary/aromatic N) is 2. The van der Waals surface area contributed by atoms with Crippen molar-refractivity contribution in [2.75, 3.05) is 35.0 Å². The molecular formula is C22H47N2O5+. The van der Waals surface area contributed by atoms with Crippen molar-refractivity contribution in [1.29, 1.82) is 0 Å². The van der Waals surface area contributed by atoms with Crippen molar-refractivity contribution in [1.82, 2.24) is 5.23 Å². The fourth-order valence-corrected chi connectivity index (χ4v) is 3.27. The van der Waals surface area contributed by atoms with Gasteiger partial charge in [0, 0.05) is 0 Å². The molecule has 0 bridgehead atoms. The van der Waals surface area contributed by atoms with E-state index in [1.807, 2.05) is 0 Å². The van der Waals surface area contributed by atoms with Gasteiger partial charge in [-0.3, -0.25) is 0 Å². The largest absolute Gasteiger partial charge is 0.593 e. The van der Waals surface area contributed by atoms with E-state index in [2.05, 4.69) is 6.92 Å². The van der Waals surface area contributed by atoms with Gasteiger partial charge in [-0.05, 0) is 6.42 Å². The fourth-order valence-electron chi connectivity index (χ4n) is 3.27. The summed E-state index contributed by atoms with van der Waals surface area (Å²) in [5.74, 6) is 0. The van der Waals surface area contributed by atoms with Gasteiger partial charge in [-0.1, -0.05) is 96.8 Å². The summed E-state index contributed by atoms with van der Waals surface area (Å²) in [4.78, 5) is 21.4. The Hall–Kier alpha value is -1.21. The van der Waals surface area contributed by atoms with Crippen LogP contribution in [0.4, 0.5) is 0 Å². The maximum Gasteiger partial charge on any atom is 0.593 e. The van der Waals surface area contributed by atoms with Gasteiger partial charge >= 0.3 is 6.02 Å². The van der Waals surface area contributed by atoms with Gasteiger partial charge in [0.2, 0.25) is 0 Å². The van der Waals surface area contributed by atoms with E-state index >= 15 is 0 Å². The summed E-state index contributed by atoms with van der Waals surface area (Å²) in [5, 5.41) is 1.10. The van der Waals surface area contributed by atoms with Crippen molar-refractivity contribution in [3.05, 3.63) is 0 Å². The van der Waals surface area contributed by atoms with Gasteiger partial charge in [0.05, 0.1) is 26.1 Å². The summed E-state index contributed by atoms with van der Waals surface area (Å²) in [5.41, 5.74) is 0. The van der Waals surface area contributed by atoms with Crippen molar-refractivity contribution in [2.45, 2.75) is 103 Å². The lowest BCUT2D eigenvalue weighted by Gasteiger charge is -2.12. The Kier molecular flexibility index (Phi) is 20.6. The molecule has 0 aliphatic heterocycles. The van der Waals surface area contributed by atoms with E-state index in [0.717, 1.165) is 23.0 Å². The van der Waals surface area contributed by atoms with E-state index in [1.165, 1.54) is 112 Å². The Labute approximate surface area is 179 Å². The maximum absolute atomic E-state index is 5.71. The molecule has 0 saturated carbocycles. The number of hydroxylamine groups is 2. The highest BCUT2D eigenvalue weighted by molar-refractivity contribution is 5.65. The number of hydrogen-bond donors (Lipinski definition) is 0. The molecule has 0 aromatic heterocycles. The molecule has 29 heavy (non-hydrogen) atoms. The lowest BCUT2D eigenvalue weighted by Crippen LogP contribution is -2.38. The Balaban J connectivity index is 3.61. The fraction of sp³-hybridized carbons (Fsp3) is 0.955. The summed E-state index contributed by atoms with van der Waals surface area (Å²) in [6, 6.07) is 0.199. The second kappa shape index (κ2) is 21.5. The topological polar surface area (TPSA) is 52.4 Å². The van der Waals surface area contributed by atoms with Crippen molar-refractivity contribution in [3.8, 4) is 0 Å². The zero-order chi connectivity index (χ0) is 21.6. The van der Waals surface area contributed by atoms with E-state index in [-0.39, 0.29) is 6.02 Å². The highest BCUT2D eigenvalue weighted by atomic mass is 17.0. The summed E-state index contributed by atoms with van der Waals surface area (Å²) in [6.07, 6.45) is 20.0. The first-order valence-electron chi connectivity index (χ1n) is 11.5. The minimum atomic E-state index is 0.199. The van der Waals surface area contributed by atoms with E-state index < -0.39 is 0 Å². The third-order valence-electron chi connectivity index (χ3n) is 4.95. The monoisotopic (exact) mass is 419 g/mol. The van der Waals surface area contributed by atoms with Gasteiger partial charge in [0.15, 0.2) is 4.90 Å². The third kappa shape index (κ3) is 15.3. The van der Waals surface area contributed by atoms with Gasteiger partial charge in [0.1, 0.15) is 14.2 Å². The van der Waals surface area contributed by atoms with Crippen molar-refractivity contribution in [2.24, 2.45) is 0 Å². The SMILES string of the molecule is CCCCCCCCCCCCCCCCCOC(N(OC)OC)=[N+](OC)OC. The molecule has 0 unspecified atom stereocenters. The molecule has 0 spiro atoms. The predicted octanol–water partition coefficient (Wildman–Crippen LogP) is 5.79. The molecule has 7 heteroatoms. The first-order valence-corrected chi connectivity index (χ1v) is 11.5. The highest BCUT2D eigenvalue weighted by Crippen LogP contribution is 2.13. The molecule has 0 heterocycles. The number of rotatable bonds is 20. The number of hydrogen-bond acceptors (Lipinski definition) is 5. The first-order chi connectivity index (χ1) is 14.2. The predicted molar refractivity (Wildman–Crippen MR) is 116 cm³/mol. The minimum absolute atomic E-state index is 0.199. The van der Waals surface area contributed by atoms with Gasteiger partial charge in [-0.25, -0.2) is 0 Å². The third-order valence-corrected chi connectivity index (χ3v) is 4.95. The highest BCUT2D eigenvalue weighted by Gasteiger charge is 2.31. The molecule has 0 N–H and O–H groups in total. The normalized spacial score (nSPS) is 10.7. The molecule has 0 radical (unpaired) electrons. The summed E-state index contributed by atoms with van der Waals surface area (Å²) in [7, 11) is 5.90. The van der Waals surface area contributed by atoms with Crippen molar-refractivity contribution >= 4 is 6.02 Å². The van der Waals surface area contributed by atoms with Crippen molar-refractivity contribution < 1.29 is 29.0 Å². The lowest BCUT2D eigenvalue weighted by atomic mass is 10.0. The van der Waals surface area contributed by atoms with Crippen LogP contribution in [0.2, 0.25) is 0 Å². The first kappa shape index (κ1) is 27.8. The second-order valence-corrected chi connectivity index (χ2v) is 7.33. The van der Waals surface area contributed by atoms with Crippen LogP contribution in [0.5, 0.6) is 0 Å². The summed E-state index contributed by atoms with van der Waals surface area (Å²) < 4.78 is 5.71. The lowest BCUT2D eigenvalue weighted by molar-refractivity contribution is -0.965. The van der Waals surface area contributed by atoms with Gasteiger partial charge in [0.25, 0.3) is 0 Å². The van der Waals surface area contributed by atoms with Crippen molar-refractivity contribution in [3.63, 3.8) is 0 Å². The molecule has 0 saturated heterocycles. The van der Waals surface area contributed by atoms with E-state index in [0.29, 0.717) is 6.61 Å². The van der Waals surface area contributed by atoms with Crippen LogP contribution in [0, 0.1) is 0 Å². The zero-order valence-electron chi connectivity index (χ0n) is 19.7. The molecule has 0 aromatic carbocycles. The average Bonchev–Trinajstić information content (AvgIpc) is 2.74. The zero-order valence-corrected chi connectivity index (χ0v) is 19.7. The van der Waals surface area contributed by atoms with Crippen LogP contribution in [-0.4, -0.2) is 51.2 Å². The van der Waals surface area contributed by atoms with Crippen LogP contribution < -0.4 is 0 Å². The van der Waals surface area contributed by atoms with Crippen LogP contribution in [0.1, 0.15) is 103 Å². The molecule has 7 nitrogen and oxygen atoms in total.